The van der Waals surface area contributed by atoms with Crippen molar-refractivity contribution in [2.75, 3.05) is 12.8 Å². The van der Waals surface area contributed by atoms with Crippen molar-refractivity contribution in [1.82, 2.24) is 14.9 Å². The maximum atomic E-state index is 12.7. The smallest absolute Gasteiger partial charge is 0.410 e. The van der Waals surface area contributed by atoms with Crippen molar-refractivity contribution in [3.05, 3.63) is 36.2 Å². The summed E-state index contributed by atoms with van der Waals surface area (Å²) >= 11 is 0. The zero-order valence-electron chi connectivity index (χ0n) is 17.4. The Morgan fingerprint density at radius 1 is 1.21 bits per heavy atom. The molecule has 154 valence electrons. The van der Waals surface area contributed by atoms with Gasteiger partial charge in [0.05, 0.1) is 7.11 Å². The predicted molar refractivity (Wildman–Crippen MR) is 111 cm³/mol. The zero-order chi connectivity index (χ0) is 20.8. The maximum absolute atomic E-state index is 12.7. The number of carbonyl (C=O) groups is 1. The molecule has 0 aliphatic carbocycles. The highest BCUT2D eigenvalue weighted by Gasteiger charge is 2.50. The van der Waals surface area contributed by atoms with Gasteiger partial charge in [0.15, 0.2) is 0 Å². The van der Waals surface area contributed by atoms with Crippen LogP contribution in [0.25, 0.3) is 11.1 Å². The van der Waals surface area contributed by atoms with Crippen LogP contribution in [-0.2, 0) is 4.74 Å². The molecule has 7 heteroatoms. The molecule has 0 saturated carbocycles. The van der Waals surface area contributed by atoms with Gasteiger partial charge in [-0.05, 0) is 57.7 Å². The summed E-state index contributed by atoms with van der Waals surface area (Å²) in [6.07, 6.45) is 6.31. The highest BCUT2D eigenvalue weighted by atomic mass is 16.6. The molecule has 2 aliphatic heterocycles. The van der Waals surface area contributed by atoms with E-state index < -0.39 is 5.60 Å². The Morgan fingerprint density at radius 2 is 2.00 bits per heavy atom. The van der Waals surface area contributed by atoms with E-state index in [4.69, 9.17) is 15.2 Å². The van der Waals surface area contributed by atoms with Gasteiger partial charge in [-0.15, -0.1) is 0 Å². The molecule has 2 fully saturated rings. The molecule has 2 N–H and O–H groups in total. The molecule has 0 aromatic carbocycles. The average molecular weight is 396 g/mol. The van der Waals surface area contributed by atoms with Crippen molar-refractivity contribution in [3.8, 4) is 17.0 Å². The number of hydrogen-bond donors (Lipinski definition) is 1. The summed E-state index contributed by atoms with van der Waals surface area (Å²) in [5.41, 5.74) is 8.51. The van der Waals surface area contributed by atoms with E-state index >= 15 is 0 Å². The highest BCUT2D eigenvalue weighted by Crippen LogP contribution is 2.48. The van der Waals surface area contributed by atoms with Gasteiger partial charge in [0.1, 0.15) is 11.4 Å². The Hall–Kier alpha value is -2.83. The number of nitrogens with two attached hydrogens (primary N) is 1. The van der Waals surface area contributed by atoms with E-state index in [-0.39, 0.29) is 24.1 Å². The number of pyridine rings is 2. The van der Waals surface area contributed by atoms with E-state index in [1.807, 2.05) is 44.0 Å². The number of anilines is 1. The molecule has 4 heterocycles. The summed E-state index contributed by atoms with van der Waals surface area (Å²) in [7, 11) is 1.59. The molecule has 3 atom stereocenters. The van der Waals surface area contributed by atoms with Gasteiger partial charge in [-0.25, -0.2) is 14.8 Å². The van der Waals surface area contributed by atoms with Gasteiger partial charge < -0.3 is 20.1 Å². The van der Waals surface area contributed by atoms with Crippen LogP contribution in [0.3, 0.4) is 0 Å². The number of carbonyl (C=O) groups excluding carboxylic acids is 1. The Labute approximate surface area is 171 Å². The van der Waals surface area contributed by atoms with Crippen LogP contribution in [0.2, 0.25) is 0 Å². The first-order valence-electron chi connectivity index (χ1n) is 10.0. The SMILES string of the molecule is COc1ccc(-c2cc(C3CC4CCC3N4C(=O)OC(C)(C)C)cnc2N)cn1. The quantitative estimate of drug-likeness (QED) is 0.844. The molecule has 2 bridgehead atoms. The number of hydrogen-bond acceptors (Lipinski definition) is 6. The lowest BCUT2D eigenvalue weighted by Crippen LogP contribution is -2.40. The number of amides is 1. The van der Waals surface area contributed by atoms with Crippen LogP contribution >= 0.6 is 0 Å². The topological polar surface area (TPSA) is 90.6 Å². The minimum Gasteiger partial charge on any atom is -0.481 e. The minimum atomic E-state index is -0.494. The average Bonchev–Trinajstić information content (AvgIpc) is 3.25. The van der Waals surface area contributed by atoms with Crippen molar-refractivity contribution < 1.29 is 14.3 Å². The zero-order valence-corrected chi connectivity index (χ0v) is 17.4. The number of rotatable bonds is 3. The molecule has 2 aliphatic rings. The lowest BCUT2D eigenvalue weighted by Gasteiger charge is -2.28. The van der Waals surface area contributed by atoms with E-state index in [9.17, 15) is 4.79 Å². The van der Waals surface area contributed by atoms with Crippen molar-refractivity contribution in [2.24, 2.45) is 0 Å². The van der Waals surface area contributed by atoms with Crippen molar-refractivity contribution >= 4 is 11.9 Å². The van der Waals surface area contributed by atoms with Crippen LogP contribution in [0.5, 0.6) is 5.88 Å². The van der Waals surface area contributed by atoms with Crippen LogP contribution in [0.4, 0.5) is 10.6 Å². The van der Waals surface area contributed by atoms with Crippen LogP contribution in [0, 0.1) is 0 Å². The third kappa shape index (κ3) is 3.73. The van der Waals surface area contributed by atoms with Gasteiger partial charge in [0.2, 0.25) is 5.88 Å². The second-order valence-corrected chi connectivity index (χ2v) is 8.82. The Kier molecular flexibility index (Phi) is 4.84. The first-order chi connectivity index (χ1) is 13.8. The second kappa shape index (κ2) is 7.21. The molecule has 2 aromatic rings. The van der Waals surface area contributed by atoms with Gasteiger partial charge in [-0.1, -0.05) is 0 Å². The molecule has 3 unspecified atom stereocenters. The fourth-order valence-electron chi connectivity index (χ4n) is 4.53. The summed E-state index contributed by atoms with van der Waals surface area (Å²) in [5, 5.41) is 0. The molecule has 29 heavy (non-hydrogen) atoms. The molecule has 4 rings (SSSR count). The van der Waals surface area contributed by atoms with Crippen LogP contribution < -0.4 is 10.5 Å². The molecule has 0 spiro atoms. The summed E-state index contributed by atoms with van der Waals surface area (Å²) < 4.78 is 10.8. The first-order valence-corrected chi connectivity index (χ1v) is 10.0. The van der Waals surface area contributed by atoms with Crippen LogP contribution in [0.15, 0.2) is 30.6 Å². The summed E-state index contributed by atoms with van der Waals surface area (Å²) in [4.78, 5) is 23.4. The van der Waals surface area contributed by atoms with E-state index in [0.717, 1.165) is 36.0 Å². The van der Waals surface area contributed by atoms with Crippen LogP contribution in [-0.4, -0.2) is 45.8 Å². The summed E-state index contributed by atoms with van der Waals surface area (Å²) in [5.74, 6) is 1.25. The van der Waals surface area contributed by atoms with E-state index in [1.165, 1.54) is 0 Å². The number of fused-ring (bicyclic) bond motifs is 2. The Balaban J connectivity index is 1.60. The van der Waals surface area contributed by atoms with Crippen molar-refractivity contribution in [1.29, 1.82) is 0 Å². The van der Waals surface area contributed by atoms with Gasteiger partial charge in [-0.3, -0.25) is 0 Å². The standard InChI is InChI=1S/C22H28N4O3/c1-22(2,3)29-21(27)26-15-6-7-18(26)16(10-15)14-9-17(20(23)25-12-14)13-5-8-19(28-4)24-11-13/h5,8-9,11-12,15-16,18H,6-7,10H2,1-4H3,(H2,23,25). The number of nitrogen functional groups attached to an aromatic ring is 1. The molecule has 2 aromatic heterocycles. The summed E-state index contributed by atoms with van der Waals surface area (Å²) in [6.45, 7) is 5.71. The van der Waals surface area contributed by atoms with Gasteiger partial charge in [0.25, 0.3) is 0 Å². The van der Waals surface area contributed by atoms with Crippen LogP contribution in [0.1, 0.15) is 51.5 Å². The molecule has 0 radical (unpaired) electrons. The lowest BCUT2D eigenvalue weighted by atomic mass is 9.84. The lowest BCUT2D eigenvalue weighted by molar-refractivity contribution is 0.0213. The van der Waals surface area contributed by atoms with E-state index in [0.29, 0.717) is 11.7 Å². The predicted octanol–water partition coefficient (Wildman–Crippen LogP) is 3.99. The molecule has 7 nitrogen and oxygen atoms in total. The Morgan fingerprint density at radius 3 is 2.66 bits per heavy atom. The normalized spacial score (nSPS) is 23.3. The molecule has 2 saturated heterocycles. The number of methoxy groups -OCH3 is 1. The van der Waals surface area contributed by atoms with Gasteiger partial charge in [0, 0.05) is 47.6 Å². The second-order valence-electron chi connectivity index (χ2n) is 8.82. The molecule has 1 amide bonds. The molecular weight excluding hydrogens is 368 g/mol. The molecular formula is C22H28N4O3. The van der Waals surface area contributed by atoms with Crippen molar-refractivity contribution in [2.45, 2.75) is 63.6 Å². The summed E-state index contributed by atoms with van der Waals surface area (Å²) in [6, 6.07) is 6.19. The number of aromatic nitrogens is 2. The van der Waals surface area contributed by atoms with Gasteiger partial charge >= 0.3 is 6.09 Å². The number of ether oxygens (including phenoxy) is 2. The third-order valence-corrected chi connectivity index (χ3v) is 5.77. The fourth-order valence-corrected chi connectivity index (χ4v) is 4.53. The largest absolute Gasteiger partial charge is 0.481 e. The number of nitrogens with zero attached hydrogens (tertiary/aromatic N) is 3. The maximum Gasteiger partial charge on any atom is 0.410 e. The monoisotopic (exact) mass is 396 g/mol. The first kappa shape index (κ1) is 19.5. The minimum absolute atomic E-state index is 0.141. The van der Waals surface area contributed by atoms with E-state index in [2.05, 4.69) is 16.0 Å². The highest BCUT2D eigenvalue weighted by molar-refractivity contribution is 5.74. The van der Waals surface area contributed by atoms with Gasteiger partial charge in [-0.2, -0.15) is 0 Å². The Bertz CT molecular complexity index is 907. The third-order valence-electron chi connectivity index (χ3n) is 5.77. The van der Waals surface area contributed by atoms with E-state index in [1.54, 1.807) is 13.3 Å². The van der Waals surface area contributed by atoms with Crippen molar-refractivity contribution in [3.63, 3.8) is 0 Å². The fraction of sp³-hybridized carbons (Fsp3) is 0.500.